The van der Waals surface area contributed by atoms with E-state index in [2.05, 4.69) is 20.2 Å². The molecule has 1 fully saturated rings. The summed E-state index contributed by atoms with van der Waals surface area (Å²) in [7, 11) is 0. The fourth-order valence-corrected chi connectivity index (χ4v) is 2.43. The summed E-state index contributed by atoms with van der Waals surface area (Å²) in [6.07, 6.45) is 5.34. The number of nitrogens with zero attached hydrogens (tertiary/aromatic N) is 4. The summed E-state index contributed by atoms with van der Waals surface area (Å²) >= 11 is 0. The van der Waals surface area contributed by atoms with Gasteiger partial charge in [0, 0.05) is 30.8 Å². The van der Waals surface area contributed by atoms with Crippen LogP contribution in [-0.4, -0.2) is 33.9 Å². The van der Waals surface area contributed by atoms with E-state index in [0.717, 1.165) is 25.9 Å². The second-order valence-corrected chi connectivity index (χ2v) is 5.23. The molecule has 2 heterocycles. The number of carbonyl (C=O) groups is 1. The predicted octanol–water partition coefficient (Wildman–Crippen LogP) is 2.24. The molecule has 3 rings (SSSR count). The highest BCUT2D eigenvalue weighted by molar-refractivity contribution is 6.04. The van der Waals surface area contributed by atoms with Crippen molar-refractivity contribution in [2.45, 2.75) is 12.8 Å². The van der Waals surface area contributed by atoms with Gasteiger partial charge in [0.2, 0.25) is 5.95 Å². The highest BCUT2D eigenvalue weighted by atomic mass is 16.6. The topological polar surface area (TPSA) is 101 Å². The summed E-state index contributed by atoms with van der Waals surface area (Å²) in [4.78, 5) is 32.9. The average molecular weight is 313 g/mol. The third kappa shape index (κ3) is 3.42. The molecule has 8 heteroatoms. The van der Waals surface area contributed by atoms with E-state index in [1.807, 2.05) is 0 Å². The summed E-state index contributed by atoms with van der Waals surface area (Å²) in [5.74, 6) is 0.210. The normalized spacial score (nSPS) is 13.8. The highest BCUT2D eigenvalue weighted by Crippen LogP contribution is 2.17. The average Bonchev–Trinajstić information content (AvgIpc) is 3.10. The van der Waals surface area contributed by atoms with E-state index in [0.29, 0.717) is 11.6 Å². The Balaban J connectivity index is 1.70. The molecule has 0 radical (unpaired) electrons. The predicted molar refractivity (Wildman–Crippen MR) is 84.5 cm³/mol. The van der Waals surface area contributed by atoms with E-state index in [1.165, 1.54) is 36.7 Å². The van der Waals surface area contributed by atoms with E-state index >= 15 is 0 Å². The zero-order valence-electron chi connectivity index (χ0n) is 12.3. The number of non-ortho nitro benzene ring substituents is 1. The van der Waals surface area contributed by atoms with E-state index < -0.39 is 10.8 Å². The second kappa shape index (κ2) is 6.39. The first kappa shape index (κ1) is 14.9. The lowest BCUT2D eigenvalue weighted by molar-refractivity contribution is -0.384. The standard InChI is InChI=1S/C15H15N5O3/c21-14(11-4-3-5-13(8-11)20(22)23)18-12-9-16-15(17-10-12)19-6-1-2-7-19/h3-5,8-10H,1-2,6-7H2,(H,18,21). The molecule has 1 amide bonds. The fourth-order valence-electron chi connectivity index (χ4n) is 2.43. The molecule has 118 valence electrons. The van der Waals surface area contributed by atoms with Crippen molar-refractivity contribution >= 4 is 23.2 Å². The number of carbonyl (C=O) groups excluding carboxylic acids is 1. The molecule has 0 spiro atoms. The largest absolute Gasteiger partial charge is 0.341 e. The van der Waals surface area contributed by atoms with Gasteiger partial charge in [-0.1, -0.05) is 6.07 Å². The van der Waals surface area contributed by atoms with Gasteiger partial charge in [-0.05, 0) is 18.9 Å². The molecule has 2 aromatic rings. The molecule has 0 unspecified atom stereocenters. The molecule has 1 N–H and O–H groups in total. The minimum atomic E-state index is -0.537. The van der Waals surface area contributed by atoms with Crippen LogP contribution < -0.4 is 10.2 Å². The van der Waals surface area contributed by atoms with Crippen LogP contribution in [0.25, 0.3) is 0 Å². The quantitative estimate of drug-likeness (QED) is 0.686. The van der Waals surface area contributed by atoms with Crippen molar-refractivity contribution in [1.29, 1.82) is 0 Å². The van der Waals surface area contributed by atoms with Gasteiger partial charge in [0.25, 0.3) is 11.6 Å². The van der Waals surface area contributed by atoms with Gasteiger partial charge in [-0.15, -0.1) is 0 Å². The molecule has 0 saturated carbocycles. The Kier molecular flexibility index (Phi) is 4.13. The molecule has 23 heavy (non-hydrogen) atoms. The first-order valence-corrected chi connectivity index (χ1v) is 7.26. The first-order chi connectivity index (χ1) is 11.1. The van der Waals surface area contributed by atoms with Gasteiger partial charge in [0.05, 0.1) is 23.0 Å². The van der Waals surface area contributed by atoms with Crippen LogP contribution in [0.15, 0.2) is 36.7 Å². The third-order valence-corrected chi connectivity index (χ3v) is 3.60. The van der Waals surface area contributed by atoms with E-state index in [1.54, 1.807) is 0 Å². The van der Waals surface area contributed by atoms with Crippen LogP contribution in [0.3, 0.4) is 0 Å². The molecular weight excluding hydrogens is 298 g/mol. The smallest absolute Gasteiger partial charge is 0.270 e. The van der Waals surface area contributed by atoms with Crippen LogP contribution in [0, 0.1) is 10.1 Å². The molecule has 1 aliphatic heterocycles. The number of amides is 1. The molecule has 1 aromatic heterocycles. The van der Waals surface area contributed by atoms with Gasteiger partial charge in [0.1, 0.15) is 0 Å². The lowest BCUT2D eigenvalue weighted by Crippen LogP contribution is -2.20. The number of nitro groups is 1. The van der Waals surface area contributed by atoms with Gasteiger partial charge < -0.3 is 10.2 Å². The lowest BCUT2D eigenvalue weighted by Gasteiger charge is -2.14. The van der Waals surface area contributed by atoms with Gasteiger partial charge in [-0.3, -0.25) is 14.9 Å². The van der Waals surface area contributed by atoms with Gasteiger partial charge in [-0.25, -0.2) is 9.97 Å². The maximum Gasteiger partial charge on any atom is 0.270 e. The Bertz CT molecular complexity index is 726. The zero-order chi connectivity index (χ0) is 16.2. The van der Waals surface area contributed by atoms with E-state index in [-0.39, 0.29) is 11.3 Å². The van der Waals surface area contributed by atoms with Crippen molar-refractivity contribution in [1.82, 2.24) is 9.97 Å². The van der Waals surface area contributed by atoms with Crippen molar-refractivity contribution in [3.8, 4) is 0 Å². The summed E-state index contributed by atoms with van der Waals surface area (Å²) < 4.78 is 0. The molecule has 1 saturated heterocycles. The minimum Gasteiger partial charge on any atom is -0.341 e. The molecule has 8 nitrogen and oxygen atoms in total. The van der Waals surface area contributed by atoms with Gasteiger partial charge in [0.15, 0.2) is 0 Å². The SMILES string of the molecule is O=C(Nc1cnc(N2CCCC2)nc1)c1cccc([N+](=O)[O-])c1. The Morgan fingerprint density at radius 2 is 1.91 bits per heavy atom. The number of aromatic nitrogens is 2. The molecule has 1 aliphatic rings. The Labute approximate surface area is 132 Å². The first-order valence-electron chi connectivity index (χ1n) is 7.26. The van der Waals surface area contributed by atoms with Crippen LogP contribution in [-0.2, 0) is 0 Å². The summed E-state index contributed by atoms with van der Waals surface area (Å²) in [5, 5.41) is 13.4. The number of hydrogen-bond acceptors (Lipinski definition) is 6. The van der Waals surface area contributed by atoms with E-state index in [4.69, 9.17) is 0 Å². The number of anilines is 2. The highest BCUT2D eigenvalue weighted by Gasteiger charge is 2.15. The Morgan fingerprint density at radius 3 is 2.57 bits per heavy atom. The number of rotatable bonds is 4. The summed E-state index contributed by atoms with van der Waals surface area (Å²) in [6, 6.07) is 5.56. The summed E-state index contributed by atoms with van der Waals surface area (Å²) in [6.45, 7) is 1.89. The Hall–Kier alpha value is -3.03. The molecular formula is C15H15N5O3. The van der Waals surface area contributed by atoms with Gasteiger partial charge in [-0.2, -0.15) is 0 Å². The lowest BCUT2D eigenvalue weighted by atomic mass is 10.2. The van der Waals surface area contributed by atoms with Crippen LogP contribution in [0.5, 0.6) is 0 Å². The number of nitro benzene ring substituents is 1. The van der Waals surface area contributed by atoms with Crippen molar-refractivity contribution in [2.24, 2.45) is 0 Å². The van der Waals surface area contributed by atoms with Crippen LogP contribution in [0.1, 0.15) is 23.2 Å². The third-order valence-electron chi connectivity index (χ3n) is 3.60. The van der Waals surface area contributed by atoms with Crippen molar-refractivity contribution in [3.63, 3.8) is 0 Å². The fraction of sp³-hybridized carbons (Fsp3) is 0.267. The summed E-state index contributed by atoms with van der Waals surface area (Å²) in [5.41, 5.74) is 0.533. The van der Waals surface area contributed by atoms with Gasteiger partial charge >= 0.3 is 0 Å². The second-order valence-electron chi connectivity index (χ2n) is 5.23. The zero-order valence-corrected chi connectivity index (χ0v) is 12.3. The van der Waals surface area contributed by atoms with Crippen molar-refractivity contribution in [2.75, 3.05) is 23.3 Å². The van der Waals surface area contributed by atoms with E-state index in [9.17, 15) is 14.9 Å². The molecule has 1 aromatic carbocycles. The monoisotopic (exact) mass is 313 g/mol. The molecule has 0 bridgehead atoms. The van der Waals surface area contributed by atoms with Crippen molar-refractivity contribution in [3.05, 3.63) is 52.3 Å². The molecule has 0 atom stereocenters. The van der Waals surface area contributed by atoms with Crippen molar-refractivity contribution < 1.29 is 9.72 Å². The minimum absolute atomic E-state index is 0.127. The maximum absolute atomic E-state index is 12.1. The number of nitrogens with one attached hydrogen (secondary N) is 1. The van der Waals surface area contributed by atoms with Crippen LogP contribution in [0.2, 0.25) is 0 Å². The number of hydrogen-bond donors (Lipinski definition) is 1. The van der Waals surface area contributed by atoms with Crippen LogP contribution >= 0.6 is 0 Å². The number of benzene rings is 1. The molecule has 0 aliphatic carbocycles. The van der Waals surface area contributed by atoms with Crippen LogP contribution in [0.4, 0.5) is 17.3 Å². The Morgan fingerprint density at radius 1 is 1.22 bits per heavy atom. The maximum atomic E-state index is 12.1.